The van der Waals surface area contributed by atoms with Crippen LogP contribution in [0.25, 0.3) is 0 Å². The minimum Gasteiger partial charge on any atom is -0.497 e. The molecule has 0 bridgehead atoms. The Bertz CT molecular complexity index is 340. The highest BCUT2D eigenvalue weighted by molar-refractivity contribution is 5.58. The van der Waals surface area contributed by atoms with E-state index >= 15 is 0 Å². The molecule has 1 aromatic carbocycles. The lowest BCUT2D eigenvalue weighted by atomic mass is 10.3. The number of nitrogens with one attached hydrogen (secondary N) is 1. The zero-order valence-corrected chi connectivity index (χ0v) is 7.81. The van der Waals surface area contributed by atoms with Crippen LogP contribution < -0.4 is 14.9 Å². The van der Waals surface area contributed by atoms with Crippen LogP contribution >= 0.6 is 0 Å². The van der Waals surface area contributed by atoms with Gasteiger partial charge in [0.15, 0.2) is 5.03 Å². The lowest BCUT2D eigenvalue weighted by molar-refractivity contribution is -0.445. The molecule has 0 aliphatic rings. The third-order valence-corrected chi connectivity index (χ3v) is 1.62. The second kappa shape index (κ2) is 4.31. The Morgan fingerprint density at radius 1 is 1.36 bits per heavy atom. The Balaban J connectivity index is 3.01. The molecule has 0 aromatic heterocycles. The van der Waals surface area contributed by atoms with Crippen molar-refractivity contribution in [1.82, 2.24) is 0 Å². The van der Waals surface area contributed by atoms with Gasteiger partial charge in [-0.25, -0.2) is 10.1 Å². The number of rotatable bonds is 4. The summed E-state index contributed by atoms with van der Waals surface area (Å²) in [6.45, 7) is 0. The summed E-state index contributed by atoms with van der Waals surface area (Å²) in [5.41, 5.74) is 2.28. The number of hydrogen-bond acceptors (Lipinski definition) is 4. The van der Waals surface area contributed by atoms with Gasteiger partial charge in [0, 0.05) is 6.07 Å². The molecule has 0 amide bonds. The summed E-state index contributed by atoms with van der Waals surface area (Å²) < 4.78 is 9.84. The molecule has 0 fully saturated rings. The van der Waals surface area contributed by atoms with Crippen LogP contribution in [0.5, 0.6) is 11.5 Å². The molecule has 0 unspecified atom stereocenters. The molecule has 0 heterocycles. The van der Waals surface area contributed by atoms with E-state index in [0.717, 1.165) is 0 Å². The minimum atomic E-state index is -0.655. The van der Waals surface area contributed by atoms with Gasteiger partial charge in [0.1, 0.15) is 17.2 Å². The minimum absolute atomic E-state index is 0.261. The second-order valence-electron chi connectivity index (χ2n) is 2.44. The zero-order chi connectivity index (χ0) is 10.6. The normalized spacial score (nSPS) is 9.29. The summed E-state index contributed by atoms with van der Waals surface area (Å²) in [6, 6.07) is 4.73. The van der Waals surface area contributed by atoms with E-state index in [1.54, 1.807) is 12.1 Å². The van der Waals surface area contributed by atoms with Crippen molar-refractivity contribution >= 4 is 5.69 Å². The van der Waals surface area contributed by atoms with Gasteiger partial charge in [0.2, 0.25) is 0 Å². The fourth-order valence-corrected chi connectivity index (χ4v) is 1.000. The highest BCUT2D eigenvalue weighted by Gasteiger charge is 2.08. The van der Waals surface area contributed by atoms with Crippen LogP contribution in [0.15, 0.2) is 18.2 Å². The van der Waals surface area contributed by atoms with E-state index < -0.39 is 5.03 Å². The molecule has 1 N–H and O–H groups in total. The molecule has 76 valence electrons. The molecule has 0 aliphatic carbocycles. The molecule has 0 radical (unpaired) electrons. The maximum atomic E-state index is 10.2. The highest BCUT2D eigenvalue weighted by Crippen LogP contribution is 2.28. The van der Waals surface area contributed by atoms with Crippen LogP contribution in [0, 0.1) is 10.1 Å². The second-order valence-corrected chi connectivity index (χ2v) is 2.44. The van der Waals surface area contributed by atoms with Crippen molar-refractivity contribution in [2.24, 2.45) is 0 Å². The van der Waals surface area contributed by atoms with Gasteiger partial charge in [-0.1, -0.05) is 0 Å². The summed E-state index contributed by atoms with van der Waals surface area (Å²) in [6.07, 6.45) is 0. The number of ether oxygens (including phenoxy) is 2. The predicted octanol–water partition coefficient (Wildman–Crippen LogP) is 1.31. The largest absolute Gasteiger partial charge is 0.497 e. The highest BCUT2D eigenvalue weighted by atomic mass is 16.7. The Hall–Kier alpha value is -1.98. The summed E-state index contributed by atoms with van der Waals surface area (Å²) in [5, 5.41) is 9.58. The van der Waals surface area contributed by atoms with Crippen LogP contribution in [-0.4, -0.2) is 19.3 Å². The van der Waals surface area contributed by atoms with Crippen molar-refractivity contribution in [1.29, 1.82) is 0 Å². The summed E-state index contributed by atoms with van der Waals surface area (Å²) in [4.78, 5) is 10.2. The van der Waals surface area contributed by atoms with E-state index in [0.29, 0.717) is 11.5 Å². The number of nitrogens with zero attached hydrogens (tertiary/aromatic N) is 1. The maximum absolute atomic E-state index is 10.2. The summed E-state index contributed by atoms with van der Waals surface area (Å²) in [5.74, 6) is 0.914. The lowest BCUT2D eigenvalue weighted by Crippen LogP contribution is -2.09. The SMILES string of the molecule is COc1ccc(OC)c(N[N+](=O)[O-])c1. The average Bonchev–Trinajstić information content (AvgIpc) is 2.16. The van der Waals surface area contributed by atoms with Crippen LogP contribution in [0.2, 0.25) is 0 Å². The molecule has 6 nitrogen and oxygen atoms in total. The van der Waals surface area contributed by atoms with Crippen LogP contribution in [0.3, 0.4) is 0 Å². The molecule has 0 atom stereocenters. The van der Waals surface area contributed by atoms with Crippen LogP contribution in [-0.2, 0) is 0 Å². The fraction of sp³-hybridized carbons (Fsp3) is 0.250. The van der Waals surface area contributed by atoms with Gasteiger partial charge in [0.05, 0.1) is 14.2 Å². The molecule has 1 rings (SSSR count). The van der Waals surface area contributed by atoms with Gasteiger partial charge in [-0.3, -0.25) is 0 Å². The van der Waals surface area contributed by atoms with Gasteiger partial charge >= 0.3 is 0 Å². The van der Waals surface area contributed by atoms with Gasteiger partial charge in [0.25, 0.3) is 0 Å². The van der Waals surface area contributed by atoms with Crippen LogP contribution in [0.4, 0.5) is 5.69 Å². The van der Waals surface area contributed by atoms with Crippen molar-refractivity contribution in [3.05, 3.63) is 28.3 Å². The quantitative estimate of drug-likeness (QED) is 0.583. The molecule has 0 spiro atoms. The van der Waals surface area contributed by atoms with E-state index in [1.165, 1.54) is 20.3 Å². The van der Waals surface area contributed by atoms with Gasteiger partial charge < -0.3 is 9.47 Å². The Morgan fingerprint density at radius 3 is 2.57 bits per heavy atom. The number of hydrogen-bond donors (Lipinski definition) is 1. The first kappa shape index (κ1) is 10.1. The maximum Gasteiger partial charge on any atom is 0.162 e. The molecule has 0 aliphatic heterocycles. The van der Waals surface area contributed by atoms with Crippen molar-refractivity contribution in [2.45, 2.75) is 0 Å². The first-order valence-electron chi connectivity index (χ1n) is 3.80. The molecular formula is C8H10N2O4. The molecule has 1 aromatic rings. The molecule has 14 heavy (non-hydrogen) atoms. The van der Waals surface area contributed by atoms with Crippen molar-refractivity contribution in [2.75, 3.05) is 19.6 Å². The van der Waals surface area contributed by atoms with Gasteiger partial charge in [-0.2, -0.15) is 0 Å². The van der Waals surface area contributed by atoms with E-state index in [4.69, 9.17) is 9.47 Å². The van der Waals surface area contributed by atoms with Crippen molar-refractivity contribution < 1.29 is 14.5 Å². The predicted molar refractivity (Wildman–Crippen MR) is 50.2 cm³/mol. The van der Waals surface area contributed by atoms with Crippen molar-refractivity contribution in [3.63, 3.8) is 0 Å². The van der Waals surface area contributed by atoms with E-state index in [9.17, 15) is 10.1 Å². The first-order valence-corrected chi connectivity index (χ1v) is 3.80. The number of methoxy groups -OCH3 is 2. The Morgan fingerprint density at radius 2 is 2.07 bits per heavy atom. The summed E-state index contributed by atoms with van der Waals surface area (Å²) >= 11 is 0. The smallest absolute Gasteiger partial charge is 0.162 e. The molecule has 0 saturated heterocycles. The molecule has 0 saturated carbocycles. The van der Waals surface area contributed by atoms with E-state index in [1.807, 2.05) is 5.43 Å². The Kier molecular flexibility index (Phi) is 3.11. The topological polar surface area (TPSA) is 73.6 Å². The number of anilines is 1. The number of hydrazine groups is 1. The van der Waals surface area contributed by atoms with Crippen LogP contribution in [0.1, 0.15) is 0 Å². The Labute approximate surface area is 80.6 Å². The third-order valence-electron chi connectivity index (χ3n) is 1.62. The molecule has 6 heteroatoms. The lowest BCUT2D eigenvalue weighted by Gasteiger charge is -2.07. The average molecular weight is 198 g/mol. The number of nitro groups is 1. The summed E-state index contributed by atoms with van der Waals surface area (Å²) in [7, 11) is 2.92. The first-order chi connectivity index (χ1) is 6.67. The monoisotopic (exact) mass is 198 g/mol. The third kappa shape index (κ3) is 2.25. The van der Waals surface area contributed by atoms with Crippen molar-refractivity contribution in [3.8, 4) is 11.5 Å². The van der Waals surface area contributed by atoms with E-state index in [-0.39, 0.29) is 5.69 Å². The number of benzene rings is 1. The van der Waals surface area contributed by atoms with E-state index in [2.05, 4.69) is 0 Å². The standard InChI is InChI=1S/C8H10N2O4/c1-13-6-3-4-8(14-2)7(5-6)9-10(11)12/h3-5,9H,1-2H3. The fourth-order valence-electron chi connectivity index (χ4n) is 1.000. The van der Waals surface area contributed by atoms with Gasteiger partial charge in [-0.15, -0.1) is 5.43 Å². The molecular weight excluding hydrogens is 188 g/mol. The van der Waals surface area contributed by atoms with Gasteiger partial charge in [-0.05, 0) is 12.1 Å². The zero-order valence-electron chi connectivity index (χ0n) is 7.81.